The number of ether oxygens (including phenoxy) is 1. The Bertz CT molecular complexity index is 320. The molecule has 3 saturated heterocycles. The molecule has 0 aromatic carbocycles. The summed E-state index contributed by atoms with van der Waals surface area (Å²) in [5.41, 5.74) is 0.231. The molecule has 4 unspecified atom stereocenters. The largest absolute Gasteiger partial charge is 0.374 e. The van der Waals surface area contributed by atoms with Crippen LogP contribution in [0, 0.1) is 5.92 Å². The summed E-state index contributed by atoms with van der Waals surface area (Å²) in [4.78, 5) is 2.79. The third-order valence-electron chi connectivity index (χ3n) is 5.70. The van der Waals surface area contributed by atoms with E-state index in [1.807, 2.05) is 0 Å². The summed E-state index contributed by atoms with van der Waals surface area (Å²) in [5, 5.41) is 3.45. The highest BCUT2D eigenvalue weighted by Gasteiger charge is 2.42. The fourth-order valence-corrected chi connectivity index (χ4v) is 5.57. The second-order valence-corrected chi connectivity index (χ2v) is 8.06. The molecule has 1 spiro atoms. The number of hydrogen-bond donors (Lipinski definition) is 1. The summed E-state index contributed by atoms with van der Waals surface area (Å²) in [5.74, 6) is 3.35. The Balaban J connectivity index is 1.60. The maximum absolute atomic E-state index is 6.18. The van der Waals surface area contributed by atoms with Crippen molar-refractivity contribution in [2.45, 2.75) is 56.7 Å². The highest BCUT2D eigenvalue weighted by molar-refractivity contribution is 7.99. The maximum Gasteiger partial charge on any atom is 0.0795 e. The second-order valence-electron chi connectivity index (χ2n) is 6.96. The van der Waals surface area contributed by atoms with Crippen molar-refractivity contribution in [2.24, 2.45) is 5.92 Å². The van der Waals surface area contributed by atoms with Crippen LogP contribution < -0.4 is 5.32 Å². The number of nitrogens with one attached hydrogen (secondary N) is 1. The minimum Gasteiger partial charge on any atom is -0.374 e. The minimum absolute atomic E-state index is 0.231. The standard InChI is InChI=1S/C16H30N2OS/c1-13(17-2)14-4-3-7-18(11-14)15-5-8-19-16(10-15)6-9-20-12-16/h13-15,17H,3-12H2,1-2H3. The number of piperidine rings is 1. The normalized spacial score (nSPS) is 41.1. The van der Waals surface area contributed by atoms with Crippen LogP contribution in [0.5, 0.6) is 0 Å². The van der Waals surface area contributed by atoms with Gasteiger partial charge in [-0.05, 0) is 64.3 Å². The van der Waals surface area contributed by atoms with E-state index in [0.29, 0.717) is 6.04 Å². The predicted octanol–water partition coefficient (Wildman–Crippen LogP) is 2.36. The van der Waals surface area contributed by atoms with Gasteiger partial charge in [0, 0.05) is 31.0 Å². The van der Waals surface area contributed by atoms with E-state index in [9.17, 15) is 0 Å². The molecule has 3 fully saturated rings. The van der Waals surface area contributed by atoms with E-state index < -0.39 is 0 Å². The van der Waals surface area contributed by atoms with Crippen molar-refractivity contribution < 1.29 is 4.74 Å². The Hall–Kier alpha value is 0.230. The molecule has 3 rings (SSSR count). The molecule has 4 heteroatoms. The summed E-state index contributed by atoms with van der Waals surface area (Å²) >= 11 is 2.08. The molecule has 3 heterocycles. The molecule has 0 aromatic heterocycles. The van der Waals surface area contributed by atoms with E-state index in [1.54, 1.807) is 0 Å². The highest BCUT2D eigenvalue weighted by Crippen LogP contribution is 2.40. The summed E-state index contributed by atoms with van der Waals surface area (Å²) in [6, 6.07) is 1.42. The lowest BCUT2D eigenvalue weighted by Crippen LogP contribution is -2.53. The number of nitrogens with zero attached hydrogens (tertiary/aromatic N) is 1. The van der Waals surface area contributed by atoms with E-state index in [1.165, 1.54) is 56.7 Å². The van der Waals surface area contributed by atoms with Crippen LogP contribution in [0.25, 0.3) is 0 Å². The average Bonchev–Trinajstić information content (AvgIpc) is 2.94. The zero-order chi connectivity index (χ0) is 14.0. The molecule has 20 heavy (non-hydrogen) atoms. The molecule has 0 bridgehead atoms. The van der Waals surface area contributed by atoms with Gasteiger partial charge in [0.25, 0.3) is 0 Å². The SMILES string of the molecule is CNC(C)C1CCCN(C2CCOC3(CCSC3)C2)C1. The van der Waals surface area contributed by atoms with E-state index in [2.05, 4.69) is 35.9 Å². The first-order chi connectivity index (χ1) is 9.72. The Kier molecular flexibility index (Phi) is 4.96. The van der Waals surface area contributed by atoms with Crippen LogP contribution in [-0.4, -0.2) is 60.8 Å². The third-order valence-corrected chi connectivity index (χ3v) is 6.93. The zero-order valence-corrected chi connectivity index (χ0v) is 13.9. The fourth-order valence-electron chi connectivity index (χ4n) is 4.19. The van der Waals surface area contributed by atoms with Crippen molar-refractivity contribution in [3.8, 4) is 0 Å². The molecule has 0 aromatic rings. The van der Waals surface area contributed by atoms with Crippen LogP contribution in [0.4, 0.5) is 0 Å². The van der Waals surface area contributed by atoms with Gasteiger partial charge in [-0.15, -0.1) is 0 Å². The lowest BCUT2D eigenvalue weighted by atomic mass is 9.85. The van der Waals surface area contributed by atoms with Gasteiger partial charge in [0.2, 0.25) is 0 Å². The lowest BCUT2D eigenvalue weighted by molar-refractivity contribution is -0.0944. The summed E-state index contributed by atoms with van der Waals surface area (Å²) in [7, 11) is 2.10. The van der Waals surface area contributed by atoms with E-state index in [0.717, 1.165) is 18.6 Å². The molecular formula is C16H30N2OS. The minimum atomic E-state index is 0.231. The predicted molar refractivity (Wildman–Crippen MR) is 86.5 cm³/mol. The van der Waals surface area contributed by atoms with E-state index in [-0.39, 0.29) is 5.60 Å². The molecule has 0 radical (unpaired) electrons. The Morgan fingerprint density at radius 3 is 3.05 bits per heavy atom. The van der Waals surface area contributed by atoms with Crippen molar-refractivity contribution in [1.29, 1.82) is 0 Å². The molecular weight excluding hydrogens is 268 g/mol. The lowest BCUT2D eigenvalue weighted by Gasteiger charge is -2.46. The van der Waals surface area contributed by atoms with Gasteiger partial charge in [0.05, 0.1) is 5.60 Å². The third kappa shape index (κ3) is 3.18. The average molecular weight is 298 g/mol. The summed E-state index contributed by atoms with van der Waals surface area (Å²) in [6.45, 7) is 5.91. The van der Waals surface area contributed by atoms with Gasteiger partial charge in [0.15, 0.2) is 0 Å². The molecule has 4 atom stereocenters. The van der Waals surface area contributed by atoms with Gasteiger partial charge >= 0.3 is 0 Å². The van der Waals surface area contributed by atoms with E-state index in [4.69, 9.17) is 4.74 Å². The number of likely N-dealkylation sites (tertiary alicyclic amines) is 1. The number of hydrogen-bond acceptors (Lipinski definition) is 4. The number of thioether (sulfide) groups is 1. The van der Waals surface area contributed by atoms with Crippen LogP contribution in [0.15, 0.2) is 0 Å². The van der Waals surface area contributed by atoms with Crippen molar-refractivity contribution in [3.05, 3.63) is 0 Å². The quantitative estimate of drug-likeness (QED) is 0.864. The van der Waals surface area contributed by atoms with Crippen LogP contribution >= 0.6 is 11.8 Å². The van der Waals surface area contributed by atoms with Crippen LogP contribution in [-0.2, 0) is 4.74 Å². The maximum atomic E-state index is 6.18. The first kappa shape index (κ1) is 15.1. The van der Waals surface area contributed by atoms with Gasteiger partial charge in [0.1, 0.15) is 0 Å². The van der Waals surface area contributed by atoms with Gasteiger partial charge in [-0.1, -0.05) is 0 Å². The van der Waals surface area contributed by atoms with Crippen LogP contribution in [0.3, 0.4) is 0 Å². The van der Waals surface area contributed by atoms with Gasteiger partial charge in [-0.3, -0.25) is 4.90 Å². The fraction of sp³-hybridized carbons (Fsp3) is 1.00. The van der Waals surface area contributed by atoms with Crippen molar-refractivity contribution in [3.63, 3.8) is 0 Å². The van der Waals surface area contributed by atoms with Crippen molar-refractivity contribution in [2.75, 3.05) is 38.2 Å². The molecule has 3 aliphatic heterocycles. The molecule has 0 saturated carbocycles. The second kappa shape index (κ2) is 6.55. The molecule has 0 aliphatic carbocycles. The van der Waals surface area contributed by atoms with Gasteiger partial charge in [-0.2, -0.15) is 11.8 Å². The molecule has 0 amide bonds. The number of rotatable bonds is 3. The summed E-state index contributed by atoms with van der Waals surface area (Å²) in [6.07, 6.45) is 6.56. The molecule has 3 aliphatic rings. The van der Waals surface area contributed by atoms with Crippen LogP contribution in [0.2, 0.25) is 0 Å². The Labute approximate surface area is 128 Å². The highest BCUT2D eigenvalue weighted by atomic mass is 32.2. The molecule has 116 valence electrons. The molecule has 1 N–H and O–H groups in total. The van der Waals surface area contributed by atoms with Gasteiger partial charge < -0.3 is 10.1 Å². The Morgan fingerprint density at radius 1 is 1.40 bits per heavy atom. The zero-order valence-electron chi connectivity index (χ0n) is 13.1. The summed E-state index contributed by atoms with van der Waals surface area (Å²) < 4.78 is 6.18. The first-order valence-corrected chi connectivity index (χ1v) is 9.51. The van der Waals surface area contributed by atoms with Crippen LogP contribution in [0.1, 0.15) is 39.0 Å². The first-order valence-electron chi connectivity index (χ1n) is 8.35. The monoisotopic (exact) mass is 298 g/mol. The smallest absolute Gasteiger partial charge is 0.0795 e. The Morgan fingerprint density at radius 2 is 2.30 bits per heavy atom. The van der Waals surface area contributed by atoms with Crippen molar-refractivity contribution in [1.82, 2.24) is 10.2 Å². The molecule has 3 nitrogen and oxygen atoms in total. The van der Waals surface area contributed by atoms with E-state index >= 15 is 0 Å². The van der Waals surface area contributed by atoms with Gasteiger partial charge in [-0.25, -0.2) is 0 Å². The van der Waals surface area contributed by atoms with Crippen molar-refractivity contribution >= 4 is 11.8 Å². The topological polar surface area (TPSA) is 24.5 Å².